The van der Waals surface area contributed by atoms with Gasteiger partial charge in [0.1, 0.15) is 11.9 Å². The van der Waals surface area contributed by atoms with Gasteiger partial charge in [0.2, 0.25) is 11.8 Å². The van der Waals surface area contributed by atoms with Gasteiger partial charge in [0.15, 0.2) is 0 Å². The number of halogens is 1. The Morgan fingerprint density at radius 3 is 2.76 bits per heavy atom. The summed E-state index contributed by atoms with van der Waals surface area (Å²) in [7, 11) is 0. The standard InChI is InChI=1S/C15H17FN2O3/c16-12-3-1-10(2-4-12)13-9-18(5-6-21-13)15(20)11-7-14(19)17-8-11/h1-4,11,13H,5-9H2,(H,17,19). The van der Waals surface area contributed by atoms with Gasteiger partial charge in [-0.05, 0) is 17.7 Å². The molecule has 2 amide bonds. The van der Waals surface area contributed by atoms with Gasteiger partial charge in [-0.15, -0.1) is 0 Å². The van der Waals surface area contributed by atoms with E-state index in [1.165, 1.54) is 12.1 Å². The molecule has 0 spiro atoms. The Morgan fingerprint density at radius 2 is 2.10 bits per heavy atom. The van der Waals surface area contributed by atoms with Gasteiger partial charge in [-0.3, -0.25) is 9.59 Å². The number of hydrogen-bond acceptors (Lipinski definition) is 3. The highest BCUT2D eigenvalue weighted by molar-refractivity contribution is 5.89. The molecule has 5 nitrogen and oxygen atoms in total. The predicted molar refractivity (Wildman–Crippen MR) is 72.8 cm³/mol. The molecule has 6 heteroatoms. The zero-order valence-corrected chi connectivity index (χ0v) is 11.5. The van der Waals surface area contributed by atoms with Crippen molar-refractivity contribution in [2.24, 2.45) is 5.92 Å². The van der Waals surface area contributed by atoms with Crippen molar-refractivity contribution >= 4 is 11.8 Å². The monoisotopic (exact) mass is 292 g/mol. The third kappa shape index (κ3) is 3.05. The van der Waals surface area contributed by atoms with Crippen molar-refractivity contribution in [2.75, 3.05) is 26.2 Å². The number of ether oxygens (including phenoxy) is 1. The molecule has 0 bridgehead atoms. The van der Waals surface area contributed by atoms with Crippen LogP contribution in [0.3, 0.4) is 0 Å². The summed E-state index contributed by atoms with van der Waals surface area (Å²) in [4.78, 5) is 25.3. The summed E-state index contributed by atoms with van der Waals surface area (Å²) in [6.45, 7) is 1.83. The zero-order chi connectivity index (χ0) is 14.8. The van der Waals surface area contributed by atoms with E-state index in [-0.39, 0.29) is 36.1 Å². The average molecular weight is 292 g/mol. The number of morpholine rings is 1. The van der Waals surface area contributed by atoms with E-state index >= 15 is 0 Å². The molecule has 2 aliphatic heterocycles. The van der Waals surface area contributed by atoms with E-state index in [1.807, 2.05) is 0 Å². The molecule has 112 valence electrons. The van der Waals surface area contributed by atoms with Crippen molar-refractivity contribution < 1.29 is 18.7 Å². The number of benzene rings is 1. The van der Waals surface area contributed by atoms with Crippen LogP contribution in [0.15, 0.2) is 24.3 Å². The van der Waals surface area contributed by atoms with Gasteiger partial charge in [0, 0.05) is 19.5 Å². The van der Waals surface area contributed by atoms with Gasteiger partial charge in [-0.2, -0.15) is 0 Å². The van der Waals surface area contributed by atoms with Gasteiger partial charge in [0.05, 0.1) is 19.1 Å². The molecule has 0 saturated carbocycles. The Balaban J connectivity index is 1.66. The molecule has 2 atom stereocenters. The van der Waals surface area contributed by atoms with Crippen LogP contribution in [0.5, 0.6) is 0 Å². The van der Waals surface area contributed by atoms with Gasteiger partial charge in [-0.25, -0.2) is 4.39 Å². The van der Waals surface area contributed by atoms with Crippen molar-refractivity contribution in [1.29, 1.82) is 0 Å². The first-order chi connectivity index (χ1) is 10.1. The fourth-order valence-electron chi connectivity index (χ4n) is 2.77. The van der Waals surface area contributed by atoms with E-state index in [0.717, 1.165) is 5.56 Å². The zero-order valence-electron chi connectivity index (χ0n) is 11.5. The molecule has 2 unspecified atom stereocenters. The second kappa shape index (κ2) is 5.81. The minimum Gasteiger partial charge on any atom is -0.370 e. The van der Waals surface area contributed by atoms with Gasteiger partial charge in [-0.1, -0.05) is 12.1 Å². The molecule has 2 fully saturated rings. The molecule has 1 N–H and O–H groups in total. The number of amides is 2. The van der Waals surface area contributed by atoms with Crippen LogP contribution in [-0.2, 0) is 14.3 Å². The third-order valence-corrected chi connectivity index (χ3v) is 3.95. The highest BCUT2D eigenvalue weighted by Gasteiger charge is 2.34. The summed E-state index contributed by atoms with van der Waals surface area (Å²) in [5.74, 6) is -0.650. The Labute approximate surface area is 122 Å². The summed E-state index contributed by atoms with van der Waals surface area (Å²) in [6.07, 6.45) is 0.0191. The Hall–Kier alpha value is -1.95. The minimum absolute atomic E-state index is 0.0104. The molecule has 1 aromatic rings. The Bertz CT molecular complexity index is 546. The maximum Gasteiger partial charge on any atom is 0.228 e. The highest BCUT2D eigenvalue weighted by atomic mass is 19.1. The summed E-state index contributed by atoms with van der Waals surface area (Å²) < 4.78 is 18.6. The third-order valence-electron chi connectivity index (χ3n) is 3.95. The number of carbonyl (C=O) groups excluding carboxylic acids is 2. The first kappa shape index (κ1) is 14.0. The number of hydrogen-bond donors (Lipinski definition) is 1. The number of nitrogens with one attached hydrogen (secondary N) is 1. The fraction of sp³-hybridized carbons (Fsp3) is 0.467. The van der Waals surface area contributed by atoms with E-state index in [0.29, 0.717) is 26.2 Å². The van der Waals surface area contributed by atoms with E-state index in [1.54, 1.807) is 17.0 Å². The van der Waals surface area contributed by atoms with E-state index in [2.05, 4.69) is 5.32 Å². The van der Waals surface area contributed by atoms with Gasteiger partial charge < -0.3 is 15.0 Å². The van der Waals surface area contributed by atoms with E-state index in [9.17, 15) is 14.0 Å². The maximum atomic E-state index is 13.0. The lowest BCUT2D eigenvalue weighted by Crippen LogP contribution is -2.45. The van der Waals surface area contributed by atoms with Crippen LogP contribution < -0.4 is 5.32 Å². The topological polar surface area (TPSA) is 58.6 Å². The first-order valence-electron chi connectivity index (χ1n) is 7.06. The lowest BCUT2D eigenvalue weighted by atomic mass is 10.0. The van der Waals surface area contributed by atoms with Crippen LogP contribution in [0, 0.1) is 11.7 Å². The van der Waals surface area contributed by atoms with Crippen LogP contribution in [0.25, 0.3) is 0 Å². The molecule has 0 aromatic heterocycles. The SMILES string of the molecule is O=C1CC(C(=O)N2CCOC(c3ccc(F)cc3)C2)CN1. The number of rotatable bonds is 2. The molecule has 3 rings (SSSR count). The van der Waals surface area contributed by atoms with Crippen LogP contribution in [0.4, 0.5) is 4.39 Å². The summed E-state index contributed by atoms with van der Waals surface area (Å²) in [5.41, 5.74) is 0.856. The second-order valence-corrected chi connectivity index (χ2v) is 5.40. The molecule has 0 aliphatic carbocycles. The van der Waals surface area contributed by atoms with Crippen LogP contribution in [-0.4, -0.2) is 43.0 Å². The summed E-state index contributed by atoms with van der Waals surface area (Å²) >= 11 is 0. The van der Waals surface area contributed by atoms with Gasteiger partial charge in [0.25, 0.3) is 0 Å². The molecule has 2 heterocycles. The lowest BCUT2D eigenvalue weighted by Gasteiger charge is -2.34. The second-order valence-electron chi connectivity index (χ2n) is 5.40. The summed E-state index contributed by atoms with van der Waals surface area (Å²) in [6, 6.07) is 6.13. The highest BCUT2D eigenvalue weighted by Crippen LogP contribution is 2.24. The van der Waals surface area contributed by atoms with Crippen molar-refractivity contribution in [3.63, 3.8) is 0 Å². The molecule has 2 saturated heterocycles. The summed E-state index contributed by atoms with van der Waals surface area (Å²) in [5, 5.41) is 2.68. The molecule has 2 aliphatic rings. The normalized spacial score (nSPS) is 25.8. The molecule has 0 radical (unpaired) electrons. The van der Waals surface area contributed by atoms with E-state index in [4.69, 9.17) is 4.74 Å². The largest absolute Gasteiger partial charge is 0.370 e. The van der Waals surface area contributed by atoms with Gasteiger partial charge >= 0.3 is 0 Å². The van der Waals surface area contributed by atoms with Crippen LogP contribution in [0.1, 0.15) is 18.1 Å². The predicted octanol–water partition coefficient (Wildman–Crippen LogP) is 0.862. The minimum atomic E-state index is -0.293. The average Bonchev–Trinajstić information content (AvgIpc) is 2.94. The molecule has 21 heavy (non-hydrogen) atoms. The smallest absolute Gasteiger partial charge is 0.228 e. The Morgan fingerprint density at radius 1 is 1.33 bits per heavy atom. The quantitative estimate of drug-likeness (QED) is 0.879. The van der Waals surface area contributed by atoms with Crippen molar-refractivity contribution in [3.8, 4) is 0 Å². The maximum absolute atomic E-state index is 13.0. The lowest BCUT2D eigenvalue weighted by molar-refractivity contribution is -0.143. The molecule has 1 aromatic carbocycles. The molecular weight excluding hydrogens is 275 g/mol. The van der Waals surface area contributed by atoms with Crippen molar-refractivity contribution in [3.05, 3.63) is 35.6 Å². The fourth-order valence-corrected chi connectivity index (χ4v) is 2.77. The van der Waals surface area contributed by atoms with E-state index < -0.39 is 0 Å². The van der Waals surface area contributed by atoms with Crippen molar-refractivity contribution in [2.45, 2.75) is 12.5 Å². The van der Waals surface area contributed by atoms with Crippen molar-refractivity contribution in [1.82, 2.24) is 10.2 Å². The number of carbonyl (C=O) groups is 2. The first-order valence-corrected chi connectivity index (χ1v) is 7.06. The molecular formula is C15H17FN2O3. The number of nitrogens with zero attached hydrogens (tertiary/aromatic N) is 1. The Kier molecular flexibility index (Phi) is 3.88. The van der Waals surface area contributed by atoms with Crippen LogP contribution >= 0.6 is 0 Å². The van der Waals surface area contributed by atoms with Crippen LogP contribution in [0.2, 0.25) is 0 Å².